The van der Waals surface area contributed by atoms with Gasteiger partial charge in [0, 0.05) is 23.6 Å². The molecular weight excluding hydrogens is 280 g/mol. The molecule has 3 nitrogen and oxygen atoms in total. The molecule has 0 aromatic heterocycles. The zero-order chi connectivity index (χ0) is 12.4. The molecule has 0 saturated carbocycles. The van der Waals surface area contributed by atoms with E-state index >= 15 is 0 Å². The van der Waals surface area contributed by atoms with Crippen LogP contribution < -0.4 is 5.73 Å². The van der Waals surface area contributed by atoms with Crippen LogP contribution in [-0.4, -0.2) is 29.9 Å². The molecule has 2 rings (SSSR count). The summed E-state index contributed by atoms with van der Waals surface area (Å²) in [6, 6.07) is 5.89. The summed E-state index contributed by atoms with van der Waals surface area (Å²) in [5.41, 5.74) is 7.72. The van der Waals surface area contributed by atoms with Crippen molar-refractivity contribution in [2.24, 2.45) is 5.73 Å². The third-order valence-corrected chi connectivity index (χ3v) is 4.22. The van der Waals surface area contributed by atoms with Crippen molar-refractivity contribution in [1.82, 2.24) is 4.90 Å². The molecule has 1 aliphatic rings. The first-order valence-electron chi connectivity index (χ1n) is 5.89. The first-order chi connectivity index (χ1) is 8.09. The Morgan fingerprint density at radius 2 is 2.29 bits per heavy atom. The average Bonchev–Trinajstić information content (AvgIpc) is 2.32. The Labute approximate surface area is 110 Å². The van der Waals surface area contributed by atoms with E-state index in [1.807, 2.05) is 30.0 Å². The van der Waals surface area contributed by atoms with Crippen molar-refractivity contribution in [3.05, 3.63) is 33.8 Å². The van der Waals surface area contributed by atoms with Crippen molar-refractivity contribution in [2.75, 3.05) is 13.1 Å². The lowest BCUT2D eigenvalue weighted by Crippen LogP contribution is -2.45. The van der Waals surface area contributed by atoms with Gasteiger partial charge in [-0.1, -0.05) is 12.1 Å². The molecule has 1 fully saturated rings. The number of carbonyl (C=O) groups is 1. The number of hydrogen-bond acceptors (Lipinski definition) is 2. The van der Waals surface area contributed by atoms with Gasteiger partial charge >= 0.3 is 0 Å². The second kappa shape index (κ2) is 5.19. The van der Waals surface area contributed by atoms with Gasteiger partial charge in [-0.25, -0.2) is 0 Å². The van der Waals surface area contributed by atoms with E-state index in [1.54, 1.807) is 0 Å². The van der Waals surface area contributed by atoms with Crippen LogP contribution >= 0.6 is 15.9 Å². The SMILES string of the molecule is Cc1cccc(C(=O)N2CCC[C@@H](N)C2)c1Br. The molecule has 92 valence electrons. The minimum Gasteiger partial charge on any atom is -0.337 e. The van der Waals surface area contributed by atoms with Crippen molar-refractivity contribution in [1.29, 1.82) is 0 Å². The highest BCUT2D eigenvalue weighted by Gasteiger charge is 2.23. The fourth-order valence-corrected chi connectivity index (χ4v) is 2.61. The number of nitrogens with zero attached hydrogens (tertiary/aromatic N) is 1. The van der Waals surface area contributed by atoms with E-state index in [-0.39, 0.29) is 11.9 Å². The lowest BCUT2D eigenvalue weighted by atomic mass is 10.0. The van der Waals surface area contributed by atoms with Crippen LogP contribution in [0.25, 0.3) is 0 Å². The summed E-state index contributed by atoms with van der Waals surface area (Å²) < 4.78 is 0.893. The number of nitrogens with two attached hydrogens (primary N) is 1. The van der Waals surface area contributed by atoms with Gasteiger partial charge in [-0.3, -0.25) is 4.79 Å². The fourth-order valence-electron chi connectivity index (χ4n) is 2.18. The molecule has 1 aliphatic heterocycles. The lowest BCUT2D eigenvalue weighted by molar-refractivity contribution is 0.0708. The summed E-state index contributed by atoms with van der Waals surface area (Å²) in [5.74, 6) is 0.0794. The normalized spacial score (nSPS) is 20.4. The van der Waals surface area contributed by atoms with Crippen LogP contribution in [0.3, 0.4) is 0 Å². The zero-order valence-electron chi connectivity index (χ0n) is 9.95. The molecular formula is C13H17BrN2O. The summed E-state index contributed by atoms with van der Waals surface area (Å²) in [7, 11) is 0. The smallest absolute Gasteiger partial charge is 0.255 e. The maximum Gasteiger partial charge on any atom is 0.255 e. The van der Waals surface area contributed by atoms with E-state index in [4.69, 9.17) is 5.73 Å². The second-order valence-electron chi connectivity index (χ2n) is 4.59. The Bertz CT molecular complexity index is 433. The van der Waals surface area contributed by atoms with Crippen molar-refractivity contribution in [3.8, 4) is 0 Å². The predicted molar refractivity (Wildman–Crippen MR) is 72.0 cm³/mol. The van der Waals surface area contributed by atoms with Gasteiger partial charge in [0.05, 0.1) is 5.56 Å². The fraction of sp³-hybridized carbons (Fsp3) is 0.462. The molecule has 1 heterocycles. The Hall–Kier alpha value is -0.870. The van der Waals surface area contributed by atoms with Gasteiger partial charge in [-0.2, -0.15) is 0 Å². The van der Waals surface area contributed by atoms with Gasteiger partial charge in [0.2, 0.25) is 0 Å². The topological polar surface area (TPSA) is 46.3 Å². The van der Waals surface area contributed by atoms with E-state index < -0.39 is 0 Å². The molecule has 0 unspecified atom stereocenters. The summed E-state index contributed by atoms with van der Waals surface area (Å²) in [5, 5.41) is 0. The van der Waals surface area contributed by atoms with Crippen molar-refractivity contribution >= 4 is 21.8 Å². The maximum absolute atomic E-state index is 12.4. The number of amides is 1. The molecule has 1 amide bonds. The highest BCUT2D eigenvalue weighted by molar-refractivity contribution is 9.10. The second-order valence-corrected chi connectivity index (χ2v) is 5.38. The molecule has 1 aromatic rings. The number of benzene rings is 1. The number of halogens is 1. The first-order valence-corrected chi connectivity index (χ1v) is 6.69. The van der Waals surface area contributed by atoms with E-state index in [1.165, 1.54) is 0 Å². The molecule has 17 heavy (non-hydrogen) atoms. The molecule has 1 atom stereocenters. The largest absolute Gasteiger partial charge is 0.337 e. The Morgan fingerprint density at radius 1 is 1.53 bits per heavy atom. The number of carbonyl (C=O) groups excluding carboxylic acids is 1. The number of rotatable bonds is 1. The van der Waals surface area contributed by atoms with Crippen molar-refractivity contribution < 1.29 is 4.79 Å². The molecule has 4 heteroatoms. The van der Waals surface area contributed by atoms with Gasteiger partial charge in [0.1, 0.15) is 0 Å². The van der Waals surface area contributed by atoms with Crippen LogP contribution in [-0.2, 0) is 0 Å². The molecule has 0 spiro atoms. The van der Waals surface area contributed by atoms with Crippen LogP contribution in [0.5, 0.6) is 0 Å². The van der Waals surface area contributed by atoms with E-state index in [9.17, 15) is 4.79 Å². The maximum atomic E-state index is 12.4. The third kappa shape index (κ3) is 2.69. The molecule has 1 aromatic carbocycles. The Balaban J connectivity index is 2.22. The molecule has 0 radical (unpaired) electrons. The highest BCUT2D eigenvalue weighted by Crippen LogP contribution is 2.23. The van der Waals surface area contributed by atoms with Crippen LogP contribution in [0.4, 0.5) is 0 Å². The van der Waals surface area contributed by atoms with Crippen molar-refractivity contribution in [3.63, 3.8) is 0 Å². The quantitative estimate of drug-likeness (QED) is 0.864. The van der Waals surface area contributed by atoms with Gasteiger partial charge in [0.15, 0.2) is 0 Å². The monoisotopic (exact) mass is 296 g/mol. The molecule has 0 aliphatic carbocycles. The minimum absolute atomic E-state index is 0.0794. The van der Waals surface area contributed by atoms with E-state index in [2.05, 4.69) is 15.9 Å². The predicted octanol–water partition coefficient (Wildman–Crippen LogP) is 2.32. The lowest BCUT2D eigenvalue weighted by Gasteiger charge is -2.31. The standard InChI is InChI=1S/C13H17BrN2O/c1-9-4-2-6-11(12(9)14)13(17)16-7-3-5-10(15)8-16/h2,4,6,10H,3,5,7-8,15H2,1H3/t10-/m1/s1. The number of likely N-dealkylation sites (tertiary alicyclic amines) is 1. The first kappa shape index (κ1) is 12.6. The van der Waals surface area contributed by atoms with Crippen LogP contribution in [0, 0.1) is 6.92 Å². The average molecular weight is 297 g/mol. The number of aryl methyl sites for hydroxylation is 1. The number of hydrogen-bond donors (Lipinski definition) is 1. The molecule has 1 saturated heterocycles. The van der Waals surface area contributed by atoms with Gasteiger partial charge in [-0.15, -0.1) is 0 Å². The summed E-state index contributed by atoms with van der Waals surface area (Å²) in [6.45, 7) is 3.47. The van der Waals surface area contributed by atoms with Gasteiger partial charge in [0.25, 0.3) is 5.91 Å². The van der Waals surface area contributed by atoms with Crippen LogP contribution in [0.2, 0.25) is 0 Å². The summed E-state index contributed by atoms with van der Waals surface area (Å²) in [4.78, 5) is 14.2. The van der Waals surface area contributed by atoms with Gasteiger partial charge in [-0.05, 0) is 47.3 Å². The van der Waals surface area contributed by atoms with Crippen LogP contribution in [0.1, 0.15) is 28.8 Å². The van der Waals surface area contributed by atoms with Gasteiger partial charge < -0.3 is 10.6 Å². The Morgan fingerprint density at radius 3 is 3.00 bits per heavy atom. The molecule has 0 bridgehead atoms. The Kier molecular flexibility index (Phi) is 3.84. The minimum atomic E-state index is 0.0794. The van der Waals surface area contributed by atoms with E-state index in [0.29, 0.717) is 6.54 Å². The van der Waals surface area contributed by atoms with Crippen molar-refractivity contribution in [2.45, 2.75) is 25.8 Å². The highest BCUT2D eigenvalue weighted by atomic mass is 79.9. The third-order valence-electron chi connectivity index (χ3n) is 3.17. The van der Waals surface area contributed by atoms with Crippen LogP contribution in [0.15, 0.2) is 22.7 Å². The van der Waals surface area contributed by atoms with E-state index in [0.717, 1.165) is 35.0 Å². The zero-order valence-corrected chi connectivity index (χ0v) is 11.5. The summed E-state index contributed by atoms with van der Waals surface area (Å²) >= 11 is 3.48. The summed E-state index contributed by atoms with van der Waals surface area (Å²) in [6.07, 6.45) is 2.01. The number of piperidine rings is 1. The molecule has 2 N–H and O–H groups in total.